The van der Waals surface area contributed by atoms with Crippen molar-refractivity contribution in [3.63, 3.8) is 0 Å². The molecule has 5 heteroatoms. The number of carbonyl (C=O) groups excluding carboxylic acids is 1. The first-order valence-corrected chi connectivity index (χ1v) is 6.92. The van der Waals surface area contributed by atoms with Gasteiger partial charge in [0, 0.05) is 10.4 Å². The van der Waals surface area contributed by atoms with Crippen LogP contribution in [0.2, 0.25) is 4.34 Å². The van der Waals surface area contributed by atoms with E-state index in [-0.39, 0.29) is 5.91 Å². The average molecular weight is 293 g/mol. The number of hydrazone groups is 1. The van der Waals surface area contributed by atoms with Crippen molar-refractivity contribution in [3.05, 3.63) is 56.2 Å². The smallest absolute Gasteiger partial charge is 0.267 e. The van der Waals surface area contributed by atoms with E-state index in [2.05, 4.69) is 10.5 Å². The van der Waals surface area contributed by atoms with Gasteiger partial charge in [-0.3, -0.25) is 4.79 Å². The number of aryl methyl sites for hydroxylation is 2. The Hall–Kier alpha value is -1.65. The van der Waals surface area contributed by atoms with E-state index >= 15 is 0 Å². The van der Waals surface area contributed by atoms with E-state index in [0.717, 1.165) is 16.0 Å². The predicted octanol–water partition coefficient (Wildman–Crippen LogP) is 3.78. The van der Waals surface area contributed by atoms with Crippen LogP contribution in [-0.2, 0) is 0 Å². The molecule has 19 heavy (non-hydrogen) atoms. The van der Waals surface area contributed by atoms with Crippen molar-refractivity contribution in [2.24, 2.45) is 5.10 Å². The standard InChI is InChI=1S/C14H13ClN2OS/c1-9-3-4-11(7-10(9)2)14(18)17-16-8-12-5-6-13(15)19-12/h3-8H,1-2H3,(H,17,18). The minimum absolute atomic E-state index is 0.220. The fourth-order valence-electron chi connectivity index (χ4n) is 1.50. The van der Waals surface area contributed by atoms with Crippen molar-refractivity contribution in [1.82, 2.24) is 5.43 Å². The molecule has 0 aliphatic heterocycles. The SMILES string of the molecule is Cc1ccc(C(=O)NN=Cc2ccc(Cl)s2)cc1C. The highest BCUT2D eigenvalue weighted by atomic mass is 35.5. The van der Waals surface area contributed by atoms with Gasteiger partial charge in [0.05, 0.1) is 10.6 Å². The third kappa shape index (κ3) is 3.66. The molecule has 0 bridgehead atoms. The van der Waals surface area contributed by atoms with Gasteiger partial charge in [-0.2, -0.15) is 5.10 Å². The summed E-state index contributed by atoms with van der Waals surface area (Å²) in [6, 6.07) is 9.20. The van der Waals surface area contributed by atoms with Gasteiger partial charge < -0.3 is 0 Å². The van der Waals surface area contributed by atoms with Crippen molar-refractivity contribution >= 4 is 35.1 Å². The van der Waals surface area contributed by atoms with Crippen LogP contribution in [0.4, 0.5) is 0 Å². The Morgan fingerprint density at radius 2 is 2.05 bits per heavy atom. The minimum atomic E-state index is -0.220. The number of nitrogens with one attached hydrogen (secondary N) is 1. The summed E-state index contributed by atoms with van der Waals surface area (Å²) in [5, 5.41) is 3.91. The second kappa shape index (κ2) is 5.99. The predicted molar refractivity (Wildman–Crippen MR) is 80.3 cm³/mol. The number of nitrogens with zero attached hydrogens (tertiary/aromatic N) is 1. The molecule has 0 saturated carbocycles. The van der Waals surface area contributed by atoms with Gasteiger partial charge in [0.25, 0.3) is 5.91 Å². The molecule has 0 spiro atoms. The highest BCUT2D eigenvalue weighted by Gasteiger charge is 2.05. The van der Waals surface area contributed by atoms with Gasteiger partial charge in [0.1, 0.15) is 0 Å². The molecular formula is C14H13ClN2OS. The van der Waals surface area contributed by atoms with Gasteiger partial charge in [-0.1, -0.05) is 17.7 Å². The van der Waals surface area contributed by atoms with Crippen molar-refractivity contribution in [3.8, 4) is 0 Å². The second-order valence-electron chi connectivity index (χ2n) is 4.14. The normalized spacial score (nSPS) is 10.9. The molecule has 0 radical (unpaired) electrons. The van der Waals surface area contributed by atoms with E-state index in [0.29, 0.717) is 9.90 Å². The summed E-state index contributed by atoms with van der Waals surface area (Å²) in [6.45, 7) is 3.98. The maximum atomic E-state index is 11.9. The number of benzene rings is 1. The Labute approximate surface area is 120 Å². The molecule has 0 atom stereocenters. The highest BCUT2D eigenvalue weighted by molar-refractivity contribution is 7.17. The number of rotatable bonds is 3. The lowest BCUT2D eigenvalue weighted by atomic mass is 10.1. The molecule has 1 N–H and O–H groups in total. The van der Waals surface area contributed by atoms with E-state index in [1.54, 1.807) is 18.3 Å². The molecule has 0 saturated heterocycles. The first kappa shape index (κ1) is 13.8. The molecule has 1 aromatic carbocycles. The lowest BCUT2D eigenvalue weighted by Gasteiger charge is -2.03. The van der Waals surface area contributed by atoms with Crippen molar-refractivity contribution in [1.29, 1.82) is 0 Å². The van der Waals surface area contributed by atoms with Gasteiger partial charge in [-0.15, -0.1) is 11.3 Å². The third-order valence-electron chi connectivity index (χ3n) is 2.72. The Balaban J connectivity index is 2.01. The molecule has 0 fully saturated rings. The van der Waals surface area contributed by atoms with E-state index in [1.165, 1.54) is 11.3 Å². The Morgan fingerprint density at radius 1 is 1.26 bits per heavy atom. The van der Waals surface area contributed by atoms with Crippen molar-refractivity contribution < 1.29 is 4.79 Å². The lowest BCUT2D eigenvalue weighted by Crippen LogP contribution is -2.17. The number of hydrogen-bond acceptors (Lipinski definition) is 3. The summed E-state index contributed by atoms with van der Waals surface area (Å²) >= 11 is 7.20. The number of thiophene rings is 1. The van der Waals surface area contributed by atoms with Gasteiger partial charge in [0.15, 0.2) is 0 Å². The molecule has 0 aliphatic carbocycles. The van der Waals surface area contributed by atoms with E-state index < -0.39 is 0 Å². The molecule has 2 aromatic rings. The molecule has 1 aromatic heterocycles. The largest absolute Gasteiger partial charge is 0.271 e. The zero-order valence-electron chi connectivity index (χ0n) is 10.6. The van der Waals surface area contributed by atoms with Crippen LogP contribution < -0.4 is 5.43 Å². The van der Waals surface area contributed by atoms with Crippen LogP contribution >= 0.6 is 22.9 Å². The second-order valence-corrected chi connectivity index (χ2v) is 5.89. The van der Waals surface area contributed by atoms with Crippen LogP contribution in [-0.4, -0.2) is 12.1 Å². The molecular weight excluding hydrogens is 280 g/mol. The topological polar surface area (TPSA) is 41.5 Å². The fourth-order valence-corrected chi connectivity index (χ4v) is 2.43. The maximum Gasteiger partial charge on any atom is 0.271 e. The van der Waals surface area contributed by atoms with Crippen LogP contribution in [0, 0.1) is 13.8 Å². The summed E-state index contributed by atoms with van der Waals surface area (Å²) in [6.07, 6.45) is 1.58. The molecule has 3 nitrogen and oxygen atoms in total. The zero-order chi connectivity index (χ0) is 13.8. The Bertz CT molecular complexity index is 634. The zero-order valence-corrected chi connectivity index (χ0v) is 12.2. The number of amides is 1. The summed E-state index contributed by atoms with van der Waals surface area (Å²) in [5.41, 5.74) is 5.34. The van der Waals surface area contributed by atoms with Crippen LogP contribution in [0.5, 0.6) is 0 Å². The summed E-state index contributed by atoms with van der Waals surface area (Å²) in [7, 11) is 0. The van der Waals surface area contributed by atoms with Crippen LogP contribution in [0.1, 0.15) is 26.4 Å². The van der Waals surface area contributed by atoms with Crippen LogP contribution in [0.15, 0.2) is 35.4 Å². The number of carbonyl (C=O) groups is 1. The summed E-state index contributed by atoms with van der Waals surface area (Å²) in [5.74, 6) is -0.220. The first-order chi connectivity index (χ1) is 9.06. The molecule has 1 amide bonds. The summed E-state index contributed by atoms with van der Waals surface area (Å²) in [4.78, 5) is 12.7. The minimum Gasteiger partial charge on any atom is -0.267 e. The van der Waals surface area contributed by atoms with Crippen molar-refractivity contribution in [2.45, 2.75) is 13.8 Å². The third-order valence-corrected chi connectivity index (χ3v) is 3.89. The number of hydrogen-bond donors (Lipinski definition) is 1. The highest BCUT2D eigenvalue weighted by Crippen LogP contribution is 2.19. The van der Waals surface area contributed by atoms with Gasteiger partial charge >= 0.3 is 0 Å². The molecule has 98 valence electrons. The first-order valence-electron chi connectivity index (χ1n) is 5.72. The summed E-state index contributed by atoms with van der Waals surface area (Å²) < 4.78 is 0.696. The van der Waals surface area contributed by atoms with Gasteiger partial charge in [-0.05, 0) is 49.2 Å². The Morgan fingerprint density at radius 3 is 2.68 bits per heavy atom. The quantitative estimate of drug-likeness (QED) is 0.679. The average Bonchev–Trinajstić information content (AvgIpc) is 2.78. The molecule has 1 heterocycles. The molecule has 0 aliphatic rings. The van der Waals surface area contributed by atoms with Gasteiger partial charge in [0.2, 0.25) is 0 Å². The lowest BCUT2D eigenvalue weighted by molar-refractivity contribution is 0.0955. The number of halogens is 1. The van der Waals surface area contributed by atoms with Gasteiger partial charge in [-0.25, -0.2) is 5.43 Å². The molecule has 0 unspecified atom stereocenters. The Kier molecular flexibility index (Phi) is 4.35. The molecule has 2 rings (SSSR count). The van der Waals surface area contributed by atoms with Crippen molar-refractivity contribution in [2.75, 3.05) is 0 Å². The monoisotopic (exact) mass is 292 g/mol. The van der Waals surface area contributed by atoms with E-state index in [4.69, 9.17) is 11.6 Å². The maximum absolute atomic E-state index is 11.9. The van der Waals surface area contributed by atoms with Crippen LogP contribution in [0.3, 0.4) is 0 Å². The fraction of sp³-hybridized carbons (Fsp3) is 0.143. The van der Waals surface area contributed by atoms with Crippen LogP contribution in [0.25, 0.3) is 0 Å². The van der Waals surface area contributed by atoms with E-state index in [9.17, 15) is 4.79 Å². The van der Waals surface area contributed by atoms with E-state index in [1.807, 2.05) is 32.0 Å².